The molecule has 19 heavy (non-hydrogen) atoms. The van der Waals surface area contributed by atoms with Crippen LogP contribution in [0.25, 0.3) is 0 Å². The van der Waals surface area contributed by atoms with Gasteiger partial charge in [-0.25, -0.2) is 0 Å². The van der Waals surface area contributed by atoms with Gasteiger partial charge in [-0.2, -0.15) is 0 Å². The number of carbonyl (C=O) groups is 2. The highest BCUT2D eigenvalue weighted by Gasteiger charge is 2.61. The number of nitrogens with zero attached hydrogens (tertiary/aromatic N) is 1. The van der Waals surface area contributed by atoms with Crippen LogP contribution in [0.3, 0.4) is 0 Å². The lowest BCUT2D eigenvalue weighted by atomic mass is 9.63. The quantitative estimate of drug-likeness (QED) is 0.768. The maximum Gasteiger partial charge on any atom is 0.319 e. The Morgan fingerprint density at radius 3 is 2.32 bits per heavy atom. The monoisotopic (exact) mass is 269 g/mol. The minimum absolute atomic E-state index is 0.0633. The SMILES string of the molecule is CCO[C@H]1C[C@H](N(C)C(=O)C2(C(=O)O)CC2)C1(C)C. The molecule has 2 saturated carbocycles. The van der Waals surface area contributed by atoms with E-state index in [4.69, 9.17) is 4.74 Å². The van der Waals surface area contributed by atoms with E-state index in [2.05, 4.69) is 13.8 Å². The van der Waals surface area contributed by atoms with E-state index < -0.39 is 11.4 Å². The smallest absolute Gasteiger partial charge is 0.319 e. The third-order valence-electron chi connectivity index (χ3n) is 4.85. The number of carboxylic acids is 1. The van der Waals surface area contributed by atoms with Crippen molar-refractivity contribution >= 4 is 11.9 Å². The fraction of sp³-hybridized carbons (Fsp3) is 0.857. The molecule has 2 aliphatic carbocycles. The first-order valence-corrected chi connectivity index (χ1v) is 6.89. The highest BCUT2D eigenvalue weighted by atomic mass is 16.5. The average molecular weight is 269 g/mol. The van der Waals surface area contributed by atoms with Crippen LogP contribution >= 0.6 is 0 Å². The molecule has 2 atom stereocenters. The van der Waals surface area contributed by atoms with Crippen LogP contribution in [0.5, 0.6) is 0 Å². The van der Waals surface area contributed by atoms with Crippen molar-refractivity contribution in [1.82, 2.24) is 4.90 Å². The molecule has 2 rings (SSSR count). The van der Waals surface area contributed by atoms with Gasteiger partial charge in [0.1, 0.15) is 5.41 Å². The van der Waals surface area contributed by atoms with E-state index in [9.17, 15) is 14.7 Å². The van der Waals surface area contributed by atoms with Crippen LogP contribution in [0.1, 0.15) is 40.0 Å². The first-order chi connectivity index (χ1) is 8.77. The van der Waals surface area contributed by atoms with Crippen LogP contribution in [0, 0.1) is 10.8 Å². The van der Waals surface area contributed by atoms with Gasteiger partial charge >= 0.3 is 5.97 Å². The number of ether oxygens (including phenoxy) is 1. The molecule has 1 N–H and O–H groups in total. The van der Waals surface area contributed by atoms with Crippen LogP contribution in [0.4, 0.5) is 0 Å². The van der Waals surface area contributed by atoms with Crippen molar-refractivity contribution in [2.45, 2.75) is 52.2 Å². The lowest BCUT2D eigenvalue weighted by Crippen LogP contribution is -2.63. The number of carboxylic acid groups (broad SMARTS) is 1. The molecule has 0 unspecified atom stereocenters. The minimum atomic E-state index is -1.14. The van der Waals surface area contributed by atoms with Crippen molar-refractivity contribution in [2.75, 3.05) is 13.7 Å². The van der Waals surface area contributed by atoms with Gasteiger partial charge in [0.25, 0.3) is 0 Å². The van der Waals surface area contributed by atoms with Gasteiger partial charge in [-0.3, -0.25) is 9.59 Å². The molecule has 0 spiro atoms. The van der Waals surface area contributed by atoms with E-state index in [0.717, 1.165) is 6.42 Å². The second-order valence-electron chi connectivity index (χ2n) is 6.32. The van der Waals surface area contributed by atoms with Gasteiger partial charge in [-0.05, 0) is 26.2 Å². The lowest BCUT2D eigenvalue weighted by Gasteiger charge is -2.55. The summed E-state index contributed by atoms with van der Waals surface area (Å²) in [5.41, 5.74) is -1.25. The van der Waals surface area contributed by atoms with Crippen molar-refractivity contribution in [3.63, 3.8) is 0 Å². The summed E-state index contributed by atoms with van der Waals surface area (Å²) < 4.78 is 5.65. The fourth-order valence-corrected chi connectivity index (χ4v) is 3.13. The fourth-order valence-electron chi connectivity index (χ4n) is 3.13. The number of hydrogen-bond donors (Lipinski definition) is 1. The summed E-state index contributed by atoms with van der Waals surface area (Å²) in [6, 6.07) is 0.0633. The van der Waals surface area contributed by atoms with Gasteiger partial charge < -0.3 is 14.7 Å². The zero-order valence-corrected chi connectivity index (χ0v) is 12.1. The van der Waals surface area contributed by atoms with Gasteiger partial charge in [-0.15, -0.1) is 0 Å². The van der Waals surface area contributed by atoms with Crippen LogP contribution in [0.2, 0.25) is 0 Å². The normalized spacial score (nSPS) is 30.3. The van der Waals surface area contributed by atoms with E-state index in [1.807, 2.05) is 6.92 Å². The van der Waals surface area contributed by atoms with Gasteiger partial charge in [0.05, 0.1) is 6.10 Å². The maximum absolute atomic E-state index is 12.4. The van der Waals surface area contributed by atoms with E-state index in [1.165, 1.54) is 0 Å². The molecule has 1 amide bonds. The van der Waals surface area contributed by atoms with Crippen LogP contribution in [0.15, 0.2) is 0 Å². The Kier molecular flexibility index (Phi) is 3.37. The second kappa shape index (κ2) is 4.47. The van der Waals surface area contributed by atoms with Gasteiger partial charge in [-0.1, -0.05) is 13.8 Å². The van der Waals surface area contributed by atoms with Crippen LogP contribution < -0.4 is 0 Å². The van der Waals surface area contributed by atoms with Gasteiger partial charge in [0, 0.05) is 25.1 Å². The van der Waals surface area contributed by atoms with Crippen molar-refractivity contribution in [1.29, 1.82) is 0 Å². The van der Waals surface area contributed by atoms with Gasteiger partial charge in [0.15, 0.2) is 0 Å². The van der Waals surface area contributed by atoms with E-state index in [-0.39, 0.29) is 23.5 Å². The highest BCUT2D eigenvalue weighted by molar-refractivity contribution is 6.04. The summed E-state index contributed by atoms with van der Waals surface area (Å²) in [7, 11) is 1.72. The Morgan fingerprint density at radius 2 is 1.95 bits per heavy atom. The zero-order chi connectivity index (χ0) is 14.4. The standard InChI is InChI=1S/C14H23NO4/c1-5-19-10-8-9(13(10,2)3)15(4)11(16)14(6-7-14)12(17)18/h9-10H,5-8H2,1-4H3,(H,17,18)/t9-,10-/m0/s1. The second-order valence-corrected chi connectivity index (χ2v) is 6.32. The topological polar surface area (TPSA) is 66.8 Å². The third-order valence-corrected chi connectivity index (χ3v) is 4.85. The minimum Gasteiger partial charge on any atom is -0.480 e. The van der Waals surface area contributed by atoms with Gasteiger partial charge in [0.2, 0.25) is 5.91 Å². The molecule has 0 heterocycles. The number of aliphatic carboxylic acids is 1. The Bertz CT molecular complexity index is 400. The van der Waals surface area contributed by atoms with Crippen LogP contribution in [-0.4, -0.2) is 47.7 Å². The molecular formula is C14H23NO4. The van der Waals surface area contributed by atoms with Crippen LogP contribution in [-0.2, 0) is 14.3 Å². The highest BCUT2D eigenvalue weighted by Crippen LogP contribution is 2.51. The van der Waals surface area contributed by atoms with Crippen molar-refractivity contribution in [2.24, 2.45) is 10.8 Å². The summed E-state index contributed by atoms with van der Waals surface area (Å²) in [4.78, 5) is 25.2. The molecule has 5 heteroatoms. The van der Waals surface area contributed by atoms with E-state index in [0.29, 0.717) is 19.4 Å². The number of rotatable bonds is 5. The zero-order valence-electron chi connectivity index (χ0n) is 12.1. The predicted octanol–water partition coefficient (Wildman–Crippen LogP) is 1.51. The molecular weight excluding hydrogens is 246 g/mol. The molecule has 0 radical (unpaired) electrons. The van der Waals surface area contributed by atoms with E-state index in [1.54, 1.807) is 11.9 Å². The molecule has 0 bridgehead atoms. The molecule has 2 fully saturated rings. The molecule has 0 aliphatic heterocycles. The molecule has 2 aliphatic rings. The number of carbonyl (C=O) groups excluding carboxylic acids is 1. The lowest BCUT2D eigenvalue weighted by molar-refractivity contribution is -0.171. The van der Waals surface area contributed by atoms with E-state index >= 15 is 0 Å². The summed E-state index contributed by atoms with van der Waals surface area (Å²) in [6.45, 7) is 6.77. The summed E-state index contributed by atoms with van der Waals surface area (Å²) >= 11 is 0. The number of amides is 1. The van der Waals surface area contributed by atoms with Crippen molar-refractivity contribution < 1.29 is 19.4 Å². The van der Waals surface area contributed by atoms with Crippen molar-refractivity contribution in [3.05, 3.63) is 0 Å². The molecule has 0 aromatic rings. The van der Waals surface area contributed by atoms with Crippen molar-refractivity contribution in [3.8, 4) is 0 Å². The Labute approximate surface area is 113 Å². The molecule has 0 aromatic heterocycles. The molecule has 108 valence electrons. The predicted molar refractivity (Wildman–Crippen MR) is 69.7 cm³/mol. The molecule has 5 nitrogen and oxygen atoms in total. The largest absolute Gasteiger partial charge is 0.480 e. The first kappa shape index (κ1) is 14.3. The maximum atomic E-state index is 12.4. The average Bonchev–Trinajstić information content (AvgIpc) is 3.13. The Balaban J connectivity index is 2.04. The summed E-state index contributed by atoms with van der Waals surface area (Å²) in [6.07, 6.45) is 1.87. The number of hydrogen-bond acceptors (Lipinski definition) is 3. The molecule has 0 saturated heterocycles. The Morgan fingerprint density at radius 1 is 1.37 bits per heavy atom. The Hall–Kier alpha value is -1.10. The summed E-state index contributed by atoms with van der Waals surface area (Å²) in [5.74, 6) is -1.23. The molecule has 0 aromatic carbocycles. The summed E-state index contributed by atoms with van der Waals surface area (Å²) in [5, 5.41) is 9.19. The third kappa shape index (κ3) is 2.04. The first-order valence-electron chi connectivity index (χ1n) is 6.89.